The lowest BCUT2D eigenvalue weighted by molar-refractivity contribution is -0.114. The van der Waals surface area contributed by atoms with Crippen LogP contribution in [0.5, 0.6) is 5.75 Å². The minimum atomic E-state index is -0.172. The largest absolute Gasteiger partial charge is 0.491 e. The Morgan fingerprint density at radius 2 is 1.74 bits per heavy atom. The number of ether oxygens (including phenoxy) is 1. The number of anilines is 2. The Bertz CT molecular complexity index is 745. The number of benzene rings is 2. The van der Waals surface area contributed by atoms with E-state index >= 15 is 0 Å². The van der Waals surface area contributed by atoms with Crippen LogP contribution in [-0.4, -0.2) is 31.5 Å². The van der Waals surface area contributed by atoms with Crippen molar-refractivity contribution in [2.45, 2.75) is 26.7 Å². The molecule has 0 aliphatic carbocycles. The van der Waals surface area contributed by atoms with Gasteiger partial charge in [0.15, 0.2) is 0 Å². The highest BCUT2D eigenvalue weighted by atomic mass is 16.5. The number of hydrogen-bond donors (Lipinski definition) is 3. The fourth-order valence-corrected chi connectivity index (χ4v) is 2.40. The number of hydrogen-bond acceptors (Lipinski definition) is 4. The van der Waals surface area contributed by atoms with E-state index in [1.54, 1.807) is 24.3 Å². The molecule has 0 spiro atoms. The van der Waals surface area contributed by atoms with E-state index in [2.05, 4.69) is 22.9 Å². The molecule has 2 amide bonds. The highest BCUT2D eigenvalue weighted by Crippen LogP contribution is 2.24. The maximum atomic E-state index is 12.2. The SMILES string of the molecule is CCCCOc1ccccc1NC(=O)CNc1ccc(C(=O)NCC)cc1. The Kier molecular flexibility index (Phi) is 8.16. The summed E-state index contributed by atoms with van der Waals surface area (Å²) in [6.07, 6.45) is 2.02. The molecule has 0 heterocycles. The molecule has 0 bridgehead atoms. The van der Waals surface area contributed by atoms with Crippen LogP contribution < -0.4 is 20.7 Å². The standard InChI is InChI=1S/C21H27N3O3/c1-3-5-14-27-19-9-7-6-8-18(19)24-20(25)15-23-17-12-10-16(11-13-17)21(26)22-4-2/h6-13,23H,3-5,14-15H2,1-2H3,(H,22,26)(H,24,25). The van der Waals surface area contributed by atoms with Crippen LogP contribution in [0, 0.1) is 0 Å². The summed E-state index contributed by atoms with van der Waals surface area (Å²) < 4.78 is 5.72. The average molecular weight is 369 g/mol. The molecule has 0 aliphatic rings. The molecular weight excluding hydrogens is 342 g/mol. The molecule has 0 saturated carbocycles. The molecule has 0 aromatic heterocycles. The van der Waals surface area contributed by atoms with Crippen LogP contribution in [0.15, 0.2) is 48.5 Å². The first kappa shape index (κ1) is 20.3. The number of amides is 2. The van der Waals surface area contributed by atoms with Crippen molar-refractivity contribution in [2.75, 3.05) is 30.3 Å². The van der Waals surface area contributed by atoms with Gasteiger partial charge in [0.05, 0.1) is 18.8 Å². The minimum Gasteiger partial charge on any atom is -0.491 e. The van der Waals surface area contributed by atoms with Gasteiger partial charge in [0.1, 0.15) is 5.75 Å². The van der Waals surface area contributed by atoms with E-state index in [1.165, 1.54) is 0 Å². The number of nitrogens with one attached hydrogen (secondary N) is 3. The van der Waals surface area contributed by atoms with Crippen molar-refractivity contribution in [1.82, 2.24) is 5.32 Å². The predicted octanol–water partition coefficient (Wildman–Crippen LogP) is 3.67. The van der Waals surface area contributed by atoms with Gasteiger partial charge in [-0.2, -0.15) is 0 Å². The van der Waals surface area contributed by atoms with E-state index in [0.717, 1.165) is 18.5 Å². The Labute approximate surface area is 160 Å². The number of rotatable bonds is 10. The Morgan fingerprint density at radius 3 is 2.44 bits per heavy atom. The Hall–Kier alpha value is -3.02. The summed E-state index contributed by atoms with van der Waals surface area (Å²) in [5, 5.41) is 8.66. The van der Waals surface area contributed by atoms with Gasteiger partial charge >= 0.3 is 0 Å². The zero-order valence-corrected chi connectivity index (χ0v) is 15.9. The van der Waals surface area contributed by atoms with Crippen LogP contribution in [0.25, 0.3) is 0 Å². The lowest BCUT2D eigenvalue weighted by atomic mass is 10.2. The molecule has 0 saturated heterocycles. The van der Waals surface area contributed by atoms with E-state index in [4.69, 9.17) is 4.74 Å². The van der Waals surface area contributed by atoms with Gasteiger partial charge in [-0.05, 0) is 49.7 Å². The number of para-hydroxylation sites is 2. The first-order valence-electron chi connectivity index (χ1n) is 9.27. The van der Waals surface area contributed by atoms with Crippen molar-refractivity contribution in [2.24, 2.45) is 0 Å². The molecule has 6 nitrogen and oxygen atoms in total. The van der Waals surface area contributed by atoms with Crippen molar-refractivity contribution in [3.05, 3.63) is 54.1 Å². The molecule has 0 atom stereocenters. The second kappa shape index (κ2) is 10.9. The van der Waals surface area contributed by atoms with Gasteiger partial charge in [0.25, 0.3) is 5.91 Å². The average Bonchev–Trinajstić information content (AvgIpc) is 2.68. The van der Waals surface area contributed by atoms with Crippen molar-refractivity contribution < 1.29 is 14.3 Å². The highest BCUT2D eigenvalue weighted by molar-refractivity contribution is 5.96. The fourth-order valence-electron chi connectivity index (χ4n) is 2.40. The van der Waals surface area contributed by atoms with Gasteiger partial charge < -0.3 is 20.7 Å². The van der Waals surface area contributed by atoms with Gasteiger partial charge in [0.2, 0.25) is 5.91 Å². The van der Waals surface area contributed by atoms with E-state index in [-0.39, 0.29) is 18.4 Å². The van der Waals surface area contributed by atoms with Gasteiger partial charge in [0, 0.05) is 17.8 Å². The summed E-state index contributed by atoms with van der Waals surface area (Å²) in [5.74, 6) is 0.390. The molecule has 0 radical (unpaired) electrons. The van der Waals surface area contributed by atoms with Crippen LogP contribution >= 0.6 is 0 Å². The molecular formula is C21H27N3O3. The summed E-state index contributed by atoms with van der Waals surface area (Å²) in [7, 11) is 0. The fraction of sp³-hybridized carbons (Fsp3) is 0.333. The van der Waals surface area contributed by atoms with Crippen LogP contribution in [0.1, 0.15) is 37.0 Å². The first-order chi connectivity index (χ1) is 13.1. The van der Waals surface area contributed by atoms with Crippen LogP contribution in [-0.2, 0) is 4.79 Å². The van der Waals surface area contributed by atoms with Crippen molar-refractivity contribution >= 4 is 23.2 Å². The summed E-state index contributed by atoms with van der Waals surface area (Å²) >= 11 is 0. The van der Waals surface area contributed by atoms with E-state index in [1.807, 2.05) is 31.2 Å². The third-order valence-electron chi connectivity index (χ3n) is 3.85. The molecule has 2 rings (SSSR count). The quantitative estimate of drug-likeness (QED) is 0.558. The lowest BCUT2D eigenvalue weighted by Crippen LogP contribution is -2.23. The van der Waals surface area contributed by atoms with E-state index < -0.39 is 0 Å². The van der Waals surface area contributed by atoms with Gasteiger partial charge in [-0.25, -0.2) is 0 Å². The summed E-state index contributed by atoms with van der Waals surface area (Å²) in [5.41, 5.74) is 2.02. The molecule has 27 heavy (non-hydrogen) atoms. The van der Waals surface area contributed by atoms with Crippen LogP contribution in [0.4, 0.5) is 11.4 Å². The zero-order chi connectivity index (χ0) is 19.5. The van der Waals surface area contributed by atoms with E-state index in [0.29, 0.717) is 30.2 Å². The lowest BCUT2D eigenvalue weighted by Gasteiger charge is -2.13. The number of unbranched alkanes of at least 4 members (excludes halogenated alkanes) is 1. The van der Waals surface area contributed by atoms with Crippen LogP contribution in [0.3, 0.4) is 0 Å². The molecule has 2 aromatic rings. The molecule has 2 aromatic carbocycles. The summed E-state index contributed by atoms with van der Waals surface area (Å²) in [6.45, 7) is 5.30. The van der Waals surface area contributed by atoms with Crippen molar-refractivity contribution in [1.29, 1.82) is 0 Å². The highest BCUT2D eigenvalue weighted by Gasteiger charge is 2.08. The number of carbonyl (C=O) groups excluding carboxylic acids is 2. The topological polar surface area (TPSA) is 79.5 Å². The third kappa shape index (κ3) is 6.66. The van der Waals surface area contributed by atoms with E-state index in [9.17, 15) is 9.59 Å². The van der Waals surface area contributed by atoms with Gasteiger partial charge in [-0.3, -0.25) is 9.59 Å². The predicted molar refractivity (Wildman–Crippen MR) is 108 cm³/mol. The van der Waals surface area contributed by atoms with Crippen LogP contribution in [0.2, 0.25) is 0 Å². The Morgan fingerprint density at radius 1 is 1.00 bits per heavy atom. The van der Waals surface area contributed by atoms with Crippen molar-refractivity contribution in [3.63, 3.8) is 0 Å². The van der Waals surface area contributed by atoms with Gasteiger partial charge in [-0.1, -0.05) is 25.5 Å². The smallest absolute Gasteiger partial charge is 0.251 e. The van der Waals surface area contributed by atoms with Crippen molar-refractivity contribution in [3.8, 4) is 5.75 Å². The second-order valence-electron chi connectivity index (χ2n) is 6.04. The normalized spacial score (nSPS) is 10.1. The Balaban J connectivity index is 1.87. The molecule has 144 valence electrons. The maximum Gasteiger partial charge on any atom is 0.251 e. The molecule has 0 aliphatic heterocycles. The zero-order valence-electron chi connectivity index (χ0n) is 15.9. The first-order valence-corrected chi connectivity index (χ1v) is 9.27. The second-order valence-corrected chi connectivity index (χ2v) is 6.04. The third-order valence-corrected chi connectivity index (χ3v) is 3.85. The number of carbonyl (C=O) groups is 2. The molecule has 6 heteroatoms. The molecule has 3 N–H and O–H groups in total. The maximum absolute atomic E-state index is 12.2. The molecule has 0 fully saturated rings. The molecule has 0 unspecified atom stereocenters. The minimum absolute atomic E-state index is 0.110. The summed E-state index contributed by atoms with van der Waals surface area (Å²) in [4.78, 5) is 24.0. The summed E-state index contributed by atoms with van der Waals surface area (Å²) in [6, 6.07) is 14.4. The van der Waals surface area contributed by atoms with Gasteiger partial charge in [-0.15, -0.1) is 0 Å². The monoisotopic (exact) mass is 369 g/mol.